The van der Waals surface area contributed by atoms with Crippen LogP contribution in [0.2, 0.25) is 10.0 Å². The first-order chi connectivity index (χ1) is 15.4. The van der Waals surface area contributed by atoms with E-state index in [0.717, 1.165) is 37.7 Å². The number of carbonyl (C=O) groups excluding carboxylic acids is 3. The summed E-state index contributed by atoms with van der Waals surface area (Å²) < 4.78 is 0. The van der Waals surface area contributed by atoms with Crippen molar-refractivity contribution >= 4 is 46.6 Å². The average molecular weight is 473 g/mol. The van der Waals surface area contributed by atoms with E-state index in [9.17, 15) is 14.4 Å². The van der Waals surface area contributed by atoms with Gasteiger partial charge in [0.25, 0.3) is 5.91 Å². The number of imide groups is 1. The van der Waals surface area contributed by atoms with Crippen molar-refractivity contribution in [3.63, 3.8) is 0 Å². The van der Waals surface area contributed by atoms with Crippen LogP contribution in [-0.4, -0.2) is 35.2 Å². The molecule has 1 saturated heterocycles. The van der Waals surface area contributed by atoms with Crippen molar-refractivity contribution in [2.24, 2.45) is 5.92 Å². The van der Waals surface area contributed by atoms with E-state index in [1.165, 1.54) is 4.90 Å². The molecule has 1 saturated carbocycles. The molecule has 32 heavy (non-hydrogen) atoms. The van der Waals surface area contributed by atoms with Crippen LogP contribution in [0.4, 0.5) is 5.69 Å². The molecule has 168 valence electrons. The summed E-state index contributed by atoms with van der Waals surface area (Å²) in [5.74, 6) is -0.759. The van der Waals surface area contributed by atoms with Gasteiger partial charge in [0.2, 0.25) is 11.8 Å². The zero-order valence-corrected chi connectivity index (χ0v) is 19.3. The molecule has 2 fully saturated rings. The van der Waals surface area contributed by atoms with E-state index >= 15 is 0 Å². The highest BCUT2D eigenvalue weighted by atomic mass is 35.5. The summed E-state index contributed by atoms with van der Waals surface area (Å²) in [7, 11) is 0. The quantitative estimate of drug-likeness (QED) is 0.537. The standard InChI is InChI=1S/C25H26Cl2N2O3/c26-19-9-11-21(12-10-19)29-23(30)16-22(25(29)32)28(24(31)18-6-2-1-3-7-18)14-13-17-5-4-8-20(27)15-17/h4-5,8-12,15,18,22H,1-3,6-7,13-14,16H2. The molecule has 2 aliphatic rings. The Balaban J connectivity index is 1.58. The molecule has 0 aromatic heterocycles. The lowest BCUT2D eigenvalue weighted by Crippen LogP contribution is -2.48. The van der Waals surface area contributed by atoms with Crippen molar-refractivity contribution in [3.8, 4) is 0 Å². The van der Waals surface area contributed by atoms with Crippen molar-refractivity contribution in [3.05, 3.63) is 64.1 Å². The molecular formula is C25H26Cl2N2O3. The van der Waals surface area contributed by atoms with Gasteiger partial charge < -0.3 is 4.90 Å². The van der Waals surface area contributed by atoms with Gasteiger partial charge in [-0.15, -0.1) is 0 Å². The summed E-state index contributed by atoms with van der Waals surface area (Å²) >= 11 is 12.1. The van der Waals surface area contributed by atoms with E-state index in [4.69, 9.17) is 23.2 Å². The van der Waals surface area contributed by atoms with Crippen LogP contribution >= 0.6 is 23.2 Å². The molecule has 1 aliphatic carbocycles. The lowest BCUT2D eigenvalue weighted by atomic mass is 9.87. The van der Waals surface area contributed by atoms with Crippen LogP contribution < -0.4 is 4.90 Å². The van der Waals surface area contributed by atoms with Crippen molar-refractivity contribution in [1.82, 2.24) is 4.90 Å². The third-order valence-electron chi connectivity index (χ3n) is 6.35. The number of anilines is 1. The molecule has 7 heteroatoms. The van der Waals surface area contributed by atoms with Gasteiger partial charge in [-0.2, -0.15) is 0 Å². The highest BCUT2D eigenvalue weighted by Crippen LogP contribution is 2.31. The van der Waals surface area contributed by atoms with E-state index < -0.39 is 6.04 Å². The molecule has 4 rings (SSSR count). The predicted octanol–water partition coefficient (Wildman–Crippen LogP) is 5.28. The van der Waals surface area contributed by atoms with Crippen LogP contribution in [0.25, 0.3) is 0 Å². The van der Waals surface area contributed by atoms with Gasteiger partial charge >= 0.3 is 0 Å². The highest BCUT2D eigenvalue weighted by molar-refractivity contribution is 6.31. The summed E-state index contributed by atoms with van der Waals surface area (Å²) in [5, 5.41) is 1.16. The molecule has 1 atom stereocenters. The Morgan fingerprint density at radius 1 is 0.969 bits per heavy atom. The third-order valence-corrected chi connectivity index (χ3v) is 6.84. The number of hydrogen-bond donors (Lipinski definition) is 0. The van der Waals surface area contributed by atoms with Crippen LogP contribution in [0.1, 0.15) is 44.1 Å². The Hall–Kier alpha value is -2.37. The number of carbonyl (C=O) groups is 3. The van der Waals surface area contributed by atoms with E-state index in [1.807, 2.05) is 18.2 Å². The Kier molecular flexibility index (Phi) is 7.17. The van der Waals surface area contributed by atoms with Crippen LogP contribution in [0.15, 0.2) is 48.5 Å². The maximum Gasteiger partial charge on any atom is 0.257 e. The molecule has 3 amide bonds. The Bertz CT molecular complexity index is 1000. The lowest BCUT2D eigenvalue weighted by molar-refractivity contribution is -0.142. The molecule has 5 nitrogen and oxygen atoms in total. The second-order valence-electron chi connectivity index (χ2n) is 8.51. The monoisotopic (exact) mass is 472 g/mol. The fourth-order valence-electron chi connectivity index (χ4n) is 4.67. The zero-order valence-electron chi connectivity index (χ0n) is 17.8. The Morgan fingerprint density at radius 2 is 1.69 bits per heavy atom. The van der Waals surface area contributed by atoms with Gasteiger partial charge in [-0.1, -0.05) is 54.6 Å². The van der Waals surface area contributed by atoms with Gasteiger partial charge in [-0.3, -0.25) is 14.4 Å². The van der Waals surface area contributed by atoms with Crippen molar-refractivity contribution in [2.75, 3.05) is 11.4 Å². The lowest BCUT2D eigenvalue weighted by Gasteiger charge is -2.32. The van der Waals surface area contributed by atoms with Crippen LogP contribution in [0, 0.1) is 5.92 Å². The van der Waals surface area contributed by atoms with E-state index in [2.05, 4.69) is 0 Å². The molecule has 2 aromatic rings. The first-order valence-corrected chi connectivity index (χ1v) is 11.9. The van der Waals surface area contributed by atoms with Gasteiger partial charge in [-0.25, -0.2) is 4.90 Å². The summed E-state index contributed by atoms with van der Waals surface area (Å²) in [6.45, 7) is 0.369. The molecule has 0 N–H and O–H groups in total. The minimum atomic E-state index is -0.785. The van der Waals surface area contributed by atoms with Crippen molar-refractivity contribution in [2.45, 2.75) is 51.0 Å². The van der Waals surface area contributed by atoms with Gasteiger partial charge in [0, 0.05) is 22.5 Å². The minimum absolute atomic E-state index is 0.00450. The molecule has 0 bridgehead atoms. The minimum Gasteiger partial charge on any atom is -0.330 e. The SMILES string of the molecule is O=C1CC(N(CCc2cccc(Cl)c2)C(=O)C2CCCCC2)C(=O)N1c1ccc(Cl)cc1. The molecule has 1 aliphatic heterocycles. The second kappa shape index (κ2) is 10.1. The highest BCUT2D eigenvalue weighted by Gasteiger charge is 2.45. The normalized spacial score (nSPS) is 19.4. The summed E-state index contributed by atoms with van der Waals surface area (Å²) in [4.78, 5) is 42.5. The van der Waals surface area contributed by atoms with Gasteiger partial charge in [0.1, 0.15) is 6.04 Å². The third kappa shape index (κ3) is 5.00. The number of hydrogen-bond acceptors (Lipinski definition) is 3. The van der Waals surface area contributed by atoms with Crippen molar-refractivity contribution in [1.29, 1.82) is 0 Å². The smallest absolute Gasteiger partial charge is 0.257 e. The van der Waals surface area contributed by atoms with Gasteiger partial charge in [-0.05, 0) is 61.2 Å². The number of nitrogens with zero attached hydrogens (tertiary/aromatic N) is 2. The maximum absolute atomic E-state index is 13.5. The van der Waals surface area contributed by atoms with E-state index in [0.29, 0.717) is 28.7 Å². The van der Waals surface area contributed by atoms with Gasteiger partial charge in [0.15, 0.2) is 0 Å². The number of halogens is 2. The maximum atomic E-state index is 13.5. The topological polar surface area (TPSA) is 57.7 Å². The number of rotatable bonds is 6. The van der Waals surface area contributed by atoms with E-state index in [-0.39, 0.29) is 30.1 Å². The molecule has 1 heterocycles. The van der Waals surface area contributed by atoms with Crippen molar-refractivity contribution < 1.29 is 14.4 Å². The largest absolute Gasteiger partial charge is 0.330 e. The molecular weight excluding hydrogens is 447 g/mol. The molecule has 0 radical (unpaired) electrons. The fraction of sp³-hybridized carbons (Fsp3) is 0.400. The number of amides is 3. The first kappa shape index (κ1) is 22.8. The Morgan fingerprint density at radius 3 is 2.38 bits per heavy atom. The summed E-state index contributed by atoms with van der Waals surface area (Å²) in [5.41, 5.74) is 1.47. The Labute approximate surface area is 198 Å². The number of benzene rings is 2. The van der Waals surface area contributed by atoms with Gasteiger partial charge in [0.05, 0.1) is 12.1 Å². The predicted molar refractivity (Wildman–Crippen MR) is 126 cm³/mol. The molecule has 1 unspecified atom stereocenters. The fourth-order valence-corrected chi connectivity index (χ4v) is 5.01. The van der Waals surface area contributed by atoms with Crippen LogP contribution in [0.3, 0.4) is 0 Å². The summed E-state index contributed by atoms with van der Waals surface area (Å²) in [6, 6.07) is 13.3. The average Bonchev–Trinajstić information content (AvgIpc) is 3.09. The first-order valence-electron chi connectivity index (χ1n) is 11.1. The second-order valence-corrected chi connectivity index (χ2v) is 9.38. The molecule has 0 spiro atoms. The van der Waals surface area contributed by atoms with E-state index in [1.54, 1.807) is 35.2 Å². The van der Waals surface area contributed by atoms with Crippen LogP contribution in [0.5, 0.6) is 0 Å². The zero-order chi connectivity index (χ0) is 22.7. The molecule has 2 aromatic carbocycles. The van der Waals surface area contributed by atoms with Crippen LogP contribution in [-0.2, 0) is 20.8 Å². The summed E-state index contributed by atoms with van der Waals surface area (Å²) in [6.07, 6.45) is 5.41.